The van der Waals surface area contributed by atoms with Gasteiger partial charge >= 0.3 is 5.97 Å². The van der Waals surface area contributed by atoms with Crippen molar-refractivity contribution < 1.29 is 14.4 Å². The highest BCUT2D eigenvalue weighted by molar-refractivity contribution is 5.90. The Morgan fingerprint density at radius 1 is 1.67 bits per heavy atom. The zero-order chi connectivity index (χ0) is 13.4. The zero-order valence-corrected chi connectivity index (χ0v) is 11.2. The Bertz CT molecular complexity index is 339. The first-order valence-corrected chi connectivity index (χ1v) is 6.07. The fourth-order valence-corrected chi connectivity index (χ4v) is 1.75. The van der Waals surface area contributed by atoms with Crippen LogP contribution in [0.4, 0.5) is 0 Å². The molecule has 0 aromatic carbocycles. The van der Waals surface area contributed by atoms with E-state index in [9.17, 15) is 4.79 Å². The first-order valence-electron chi connectivity index (χ1n) is 6.07. The van der Waals surface area contributed by atoms with Crippen LogP contribution in [0.1, 0.15) is 13.8 Å². The molecule has 1 aliphatic rings. The van der Waals surface area contributed by atoms with Crippen LogP contribution in [0.15, 0.2) is 16.9 Å². The summed E-state index contributed by atoms with van der Waals surface area (Å²) in [4.78, 5) is 16.0. The molecule has 102 valence electrons. The summed E-state index contributed by atoms with van der Waals surface area (Å²) in [7, 11) is 1.54. The van der Waals surface area contributed by atoms with E-state index in [1.807, 2.05) is 6.92 Å². The van der Waals surface area contributed by atoms with Crippen LogP contribution < -0.4 is 10.6 Å². The molecule has 1 aliphatic heterocycles. The number of esters is 1. The van der Waals surface area contributed by atoms with Crippen molar-refractivity contribution in [1.82, 2.24) is 10.6 Å². The summed E-state index contributed by atoms with van der Waals surface area (Å²) in [6.45, 7) is 6.35. The maximum absolute atomic E-state index is 11.2. The molecule has 0 aromatic rings. The molecule has 1 fully saturated rings. The van der Waals surface area contributed by atoms with E-state index in [1.165, 1.54) is 6.08 Å². The number of hydrogen-bond acceptors (Lipinski definition) is 6. The van der Waals surface area contributed by atoms with Crippen LogP contribution >= 0.6 is 0 Å². The minimum Gasteiger partial charge on any atom is -0.463 e. The van der Waals surface area contributed by atoms with Gasteiger partial charge in [0.1, 0.15) is 7.11 Å². The van der Waals surface area contributed by atoms with Crippen LogP contribution in [-0.2, 0) is 14.4 Å². The van der Waals surface area contributed by atoms with Gasteiger partial charge in [-0.3, -0.25) is 0 Å². The Labute approximate surface area is 107 Å². The Morgan fingerprint density at radius 3 is 3.11 bits per heavy atom. The molecule has 2 N–H and O–H groups in total. The molecule has 18 heavy (non-hydrogen) atoms. The average molecular weight is 255 g/mol. The van der Waals surface area contributed by atoms with Gasteiger partial charge in [0.25, 0.3) is 0 Å². The van der Waals surface area contributed by atoms with Crippen molar-refractivity contribution in [2.75, 3.05) is 33.4 Å². The van der Waals surface area contributed by atoms with Gasteiger partial charge in [-0.05, 0) is 13.8 Å². The van der Waals surface area contributed by atoms with Gasteiger partial charge in [-0.1, -0.05) is 5.16 Å². The van der Waals surface area contributed by atoms with Crippen LogP contribution in [0.2, 0.25) is 0 Å². The Kier molecular flexibility index (Phi) is 6.21. The monoisotopic (exact) mass is 255 g/mol. The highest BCUT2D eigenvalue weighted by atomic mass is 16.6. The van der Waals surface area contributed by atoms with Gasteiger partial charge in [-0.2, -0.15) is 0 Å². The maximum Gasteiger partial charge on any atom is 0.332 e. The summed E-state index contributed by atoms with van der Waals surface area (Å²) in [5.41, 5.74) is 1.78. The summed E-state index contributed by atoms with van der Waals surface area (Å²) in [6.07, 6.45) is 1.46. The third-order valence-electron chi connectivity index (χ3n) is 2.62. The second kappa shape index (κ2) is 7.71. The molecular weight excluding hydrogens is 234 g/mol. The largest absolute Gasteiger partial charge is 0.463 e. The molecule has 0 bridgehead atoms. The summed E-state index contributed by atoms with van der Waals surface area (Å²) >= 11 is 0. The Balaban J connectivity index is 2.40. The van der Waals surface area contributed by atoms with Crippen molar-refractivity contribution in [3.05, 3.63) is 11.8 Å². The van der Waals surface area contributed by atoms with Crippen LogP contribution in [0.3, 0.4) is 0 Å². The molecule has 1 saturated heterocycles. The molecule has 1 rings (SSSR count). The molecule has 0 aliphatic carbocycles. The normalized spacial score (nSPS) is 22.1. The van der Waals surface area contributed by atoms with Crippen molar-refractivity contribution in [2.45, 2.75) is 13.8 Å². The number of carbonyl (C=O) groups excluding carboxylic acids is 1. The van der Waals surface area contributed by atoms with Gasteiger partial charge in [0.15, 0.2) is 0 Å². The third kappa shape index (κ3) is 4.75. The number of ether oxygens (including phenoxy) is 1. The molecular formula is C12H21N3O3. The first kappa shape index (κ1) is 14.5. The van der Waals surface area contributed by atoms with Crippen molar-refractivity contribution in [1.29, 1.82) is 0 Å². The predicted octanol–water partition coefficient (Wildman–Crippen LogP) is 0.265. The molecule has 6 heteroatoms. The molecule has 0 saturated carbocycles. The van der Waals surface area contributed by atoms with Crippen molar-refractivity contribution in [2.24, 2.45) is 11.1 Å². The van der Waals surface area contributed by atoms with E-state index in [0.717, 1.165) is 31.0 Å². The zero-order valence-electron chi connectivity index (χ0n) is 11.2. The molecule has 1 heterocycles. The van der Waals surface area contributed by atoms with E-state index >= 15 is 0 Å². The molecule has 0 spiro atoms. The summed E-state index contributed by atoms with van der Waals surface area (Å²) in [5.74, 6) is -0.0340. The lowest BCUT2D eigenvalue weighted by Crippen LogP contribution is -2.27. The number of oxime groups is 1. The van der Waals surface area contributed by atoms with E-state index < -0.39 is 0 Å². The van der Waals surface area contributed by atoms with Gasteiger partial charge in [0, 0.05) is 37.3 Å². The number of nitrogens with zero attached hydrogens (tertiary/aromatic N) is 1. The van der Waals surface area contributed by atoms with E-state index in [1.54, 1.807) is 14.0 Å². The second-order valence-corrected chi connectivity index (χ2v) is 4.05. The fraction of sp³-hybridized carbons (Fsp3) is 0.667. The maximum atomic E-state index is 11.2. The minimum absolute atomic E-state index is 0.287. The number of nitrogens with one attached hydrogen (secondary N) is 2. The SMILES string of the molecule is CCOC(=O)/C=C(/C)NCC1CNC/C1=N/OC. The lowest BCUT2D eigenvalue weighted by atomic mass is 10.1. The lowest BCUT2D eigenvalue weighted by molar-refractivity contribution is -0.137. The fourth-order valence-electron chi connectivity index (χ4n) is 1.75. The lowest BCUT2D eigenvalue weighted by Gasteiger charge is -2.12. The highest BCUT2D eigenvalue weighted by Crippen LogP contribution is 2.05. The smallest absolute Gasteiger partial charge is 0.332 e. The number of allylic oxidation sites excluding steroid dienone is 1. The Hall–Kier alpha value is -1.56. The summed E-state index contributed by atoms with van der Waals surface area (Å²) in [6, 6.07) is 0. The standard InChI is InChI=1S/C12H21N3O3/c1-4-18-12(16)5-9(2)14-7-10-6-13-8-11(10)15-17-3/h5,10,13-14H,4,6-8H2,1-3H3/b9-5-,15-11-. The molecule has 0 amide bonds. The predicted molar refractivity (Wildman–Crippen MR) is 69.2 cm³/mol. The van der Waals surface area contributed by atoms with Crippen molar-refractivity contribution >= 4 is 11.7 Å². The van der Waals surface area contributed by atoms with Gasteiger partial charge < -0.3 is 20.2 Å². The second-order valence-electron chi connectivity index (χ2n) is 4.05. The third-order valence-corrected chi connectivity index (χ3v) is 2.62. The van der Waals surface area contributed by atoms with Crippen LogP contribution in [0.25, 0.3) is 0 Å². The number of hydrogen-bond donors (Lipinski definition) is 2. The minimum atomic E-state index is -0.321. The summed E-state index contributed by atoms with van der Waals surface area (Å²) in [5, 5.41) is 10.4. The number of carbonyl (C=O) groups is 1. The highest BCUT2D eigenvalue weighted by Gasteiger charge is 2.22. The molecule has 0 aromatic heterocycles. The van der Waals surface area contributed by atoms with Gasteiger partial charge in [0.2, 0.25) is 0 Å². The molecule has 1 unspecified atom stereocenters. The van der Waals surface area contributed by atoms with Crippen LogP contribution in [0, 0.1) is 5.92 Å². The number of rotatable bonds is 6. The average Bonchev–Trinajstić information content (AvgIpc) is 2.75. The van der Waals surface area contributed by atoms with E-state index in [0.29, 0.717) is 6.61 Å². The van der Waals surface area contributed by atoms with Crippen LogP contribution in [-0.4, -0.2) is 45.0 Å². The van der Waals surface area contributed by atoms with E-state index in [2.05, 4.69) is 15.8 Å². The summed E-state index contributed by atoms with van der Waals surface area (Å²) < 4.78 is 4.83. The van der Waals surface area contributed by atoms with Crippen molar-refractivity contribution in [3.63, 3.8) is 0 Å². The molecule has 6 nitrogen and oxygen atoms in total. The topological polar surface area (TPSA) is 72.0 Å². The quantitative estimate of drug-likeness (QED) is 0.405. The first-order chi connectivity index (χ1) is 8.67. The van der Waals surface area contributed by atoms with Gasteiger partial charge in [-0.15, -0.1) is 0 Å². The molecule has 1 atom stereocenters. The van der Waals surface area contributed by atoms with Crippen LogP contribution in [0.5, 0.6) is 0 Å². The van der Waals surface area contributed by atoms with E-state index in [-0.39, 0.29) is 11.9 Å². The van der Waals surface area contributed by atoms with Gasteiger partial charge in [0.05, 0.1) is 12.3 Å². The van der Waals surface area contributed by atoms with Crippen molar-refractivity contribution in [3.8, 4) is 0 Å². The Morgan fingerprint density at radius 2 is 2.44 bits per heavy atom. The molecule has 0 radical (unpaired) electrons. The van der Waals surface area contributed by atoms with Gasteiger partial charge in [-0.25, -0.2) is 4.79 Å². The van der Waals surface area contributed by atoms with E-state index in [4.69, 9.17) is 9.57 Å².